The molecule has 1 aromatic heterocycles. The van der Waals surface area contributed by atoms with Crippen molar-refractivity contribution in [2.75, 3.05) is 23.3 Å². The normalized spacial score (nSPS) is 15.5. The lowest BCUT2D eigenvalue weighted by Gasteiger charge is -2.33. The highest BCUT2D eigenvalue weighted by molar-refractivity contribution is 5.89. The fourth-order valence-electron chi connectivity index (χ4n) is 2.91. The minimum Gasteiger partial charge on any atom is -0.356 e. The molecule has 0 aliphatic carbocycles. The maximum absolute atomic E-state index is 13.1. The monoisotopic (exact) mass is 382 g/mol. The third kappa shape index (κ3) is 5.08. The van der Waals surface area contributed by atoms with E-state index in [-0.39, 0.29) is 6.04 Å². The summed E-state index contributed by atoms with van der Waals surface area (Å²) < 4.78 is 50.9. The Balaban J connectivity index is 1.49. The molecular weight excluding hydrogens is 364 g/mol. The maximum Gasteiger partial charge on any atom is 0.417 e. The van der Waals surface area contributed by atoms with Crippen LogP contribution in [-0.2, 0) is 6.18 Å². The predicted molar refractivity (Wildman–Crippen MR) is 93.0 cm³/mol. The summed E-state index contributed by atoms with van der Waals surface area (Å²) in [6.07, 6.45) is -2.33. The molecule has 0 spiro atoms. The third-order valence-corrected chi connectivity index (χ3v) is 4.31. The summed E-state index contributed by atoms with van der Waals surface area (Å²) in [5.41, 5.74) is -0.421. The van der Waals surface area contributed by atoms with Crippen molar-refractivity contribution in [1.29, 1.82) is 0 Å². The lowest BCUT2D eigenvalue weighted by atomic mass is 10.1. The predicted octanol–water partition coefficient (Wildman–Crippen LogP) is 4.03. The van der Waals surface area contributed by atoms with Crippen LogP contribution in [0.5, 0.6) is 0 Å². The van der Waals surface area contributed by atoms with Crippen LogP contribution in [0.2, 0.25) is 0 Å². The molecule has 0 radical (unpaired) electrons. The lowest BCUT2D eigenvalue weighted by Crippen LogP contribution is -2.46. The Morgan fingerprint density at radius 3 is 2.48 bits per heavy atom. The van der Waals surface area contributed by atoms with E-state index < -0.39 is 23.6 Å². The SMILES string of the molecule is O=C(Nc1cccc(F)c1)NC1CCN(c2ccc(C(F)(F)F)cn2)CC1. The van der Waals surface area contributed by atoms with Gasteiger partial charge in [-0.1, -0.05) is 6.07 Å². The molecule has 1 aliphatic rings. The number of halogens is 4. The summed E-state index contributed by atoms with van der Waals surface area (Å²) >= 11 is 0. The van der Waals surface area contributed by atoms with Gasteiger partial charge in [-0.15, -0.1) is 0 Å². The first kappa shape index (κ1) is 18.9. The number of alkyl halides is 3. The summed E-state index contributed by atoms with van der Waals surface area (Å²) in [5.74, 6) is 0.0378. The molecule has 9 heteroatoms. The van der Waals surface area contributed by atoms with E-state index in [1.807, 2.05) is 4.90 Å². The van der Waals surface area contributed by atoms with Crippen molar-refractivity contribution in [1.82, 2.24) is 10.3 Å². The Kier molecular flexibility index (Phi) is 5.48. The van der Waals surface area contributed by atoms with Crippen LogP contribution < -0.4 is 15.5 Å². The molecule has 1 aliphatic heterocycles. The fourth-order valence-corrected chi connectivity index (χ4v) is 2.91. The van der Waals surface area contributed by atoms with Gasteiger partial charge in [-0.2, -0.15) is 13.2 Å². The summed E-state index contributed by atoms with van der Waals surface area (Å²) in [4.78, 5) is 17.8. The standard InChI is InChI=1S/C18H18F4N4O/c19-13-2-1-3-15(10-13)25-17(27)24-14-6-8-26(9-7-14)16-5-4-12(11-23-16)18(20,21)22/h1-5,10-11,14H,6-9H2,(H2,24,25,27). The second-order valence-corrected chi connectivity index (χ2v) is 6.27. The molecule has 27 heavy (non-hydrogen) atoms. The van der Waals surface area contributed by atoms with Gasteiger partial charge in [0.05, 0.1) is 5.56 Å². The molecule has 2 amide bonds. The number of benzene rings is 1. The van der Waals surface area contributed by atoms with Crippen molar-refractivity contribution in [2.45, 2.75) is 25.1 Å². The Morgan fingerprint density at radius 1 is 1.15 bits per heavy atom. The van der Waals surface area contributed by atoms with Gasteiger partial charge >= 0.3 is 12.2 Å². The Hall–Kier alpha value is -2.84. The molecule has 3 rings (SSSR count). The second kappa shape index (κ2) is 7.81. The molecule has 0 saturated carbocycles. The van der Waals surface area contributed by atoms with Gasteiger partial charge in [0, 0.05) is 31.0 Å². The van der Waals surface area contributed by atoms with Crippen molar-refractivity contribution in [3.63, 3.8) is 0 Å². The molecule has 0 unspecified atom stereocenters. The molecule has 1 aromatic carbocycles. The first-order valence-corrected chi connectivity index (χ1v) is 8.42. The van der Waals surface area contributed by atoms with Gasteiger partial charge in [0.2, 0.25) is 0 Å². The number of anilines is 2. The number of nitrogens with zero attached hydrogens (tertiary/aromatic N) is 2. The molecule has 2 heterocycles. The molecule has 144 valence electrons. The largest absolute Gasteiger partial charge is 0.417 e. The van der Waals surface area contributed by atoms with E-state index in [2.05, 4.69) is 15.6 Å². The van der Waals surface area contributed by atoms with Crippen molar-refractivity contribution in [3.8, 4) is 0 Å². The van der Waals surface area contributed by atoms with E-state index in [4.69, 9.17) is 0 Å². The summed E-state index contributed by atoms with van der Waals surface area (Å²) in [7, 11) is 0. The van der Waals surface area contributed by atoms with Gasteiger partial charge in [0.25, 0.3) is 0 Å². The van der Waals surface area contributed by atoms with Crippen LogP contribution in [0.3, 0.4) is 0 Å². The van der Waals surface area contributed by atoms with E-state index in [0.29, 0.717) is 37.4 Å². The molecule has 1 fully saturated rings. The van der Waals surface area contributed by atoms with E-state index in [1.165, 1.54) is 24.3 Å². The van der Waals surface area contributed by atoms with Crippen LogP contribution in [-0.4, -0.2) is 30.1 Å². The third-order valence-electron chi connectivity index (χ3n) is 4.31. The maximum atomic E-state index is 13.1. The second-order valence-electron chi connectivity index (χ2n) is 6.27. The quantitative estimate of drug-likeness (QED) is 0.788. The molecular formula is C18H18F4N4O. The zero-order chi connectivity index (χ0) is 19.4. The number of nitrogens with one attached hydrogen (secondary N) is 2. The highest BCUT2D eigenvalue weighted by Gasteiger charge is 2.31. The highest BCUT2D eigenvalue weighted by atomic mass is 19.4. The number of urea groups is 1. The fraction of sp³-hybridized carbons (Fsp3) is 0.333. The van der Waals surface area contributed by atoms with Crippen LogP contribution in [0.4, 0.5) is 33.9 Å². The number of piperidine rings is 1. The number of hydrogen-bond acceptors (Lipinski definition) is 3. The van der Waals surface area contributed by atoms with Crippen molar-refractivity contribution >= 4 is 17.5 Å². The molecule has 2 aromatic rings. The smallest absolute Gasteiger partial charge is 0.356 e. The highest BCUT2D eigenvalue weighted by Crippen LogP contribution is 2.29. The van der Waals surface area contributed by atoms with E-state index >= 15 is 0 Å². The lowest BCUT2D eigenvalue weighted by molar-refractivity contribution is -0.137. The van der Waals surface area contributed by atoms with Gasteiger partial charge in [-0.05, 0) is 43.2 Å². The Morgan fingerprint density at radius 2 is 1.89 bits per heavy atom. The Labute approximate surface area is 153 Å². The number of carbonyl (C=O) groups is 1. The molecule has 2 N–H and O–H groups in total. The van der Waals surface area contributed by atoms with E-state index in [1.54, 1.807) is 6.07 Å². The topological polar surface area (TPSA) is 57.3 Å². The molecule has 0 bridgehead atoms. The van der Waals surface area contributed by atoms with Gasteiger partial charge < -0.3 is 15.5 Å². The molecule has 0 atom stereocenters. The zero-order valence-electron chi connectivity index (χ0n) is 14.3. The minimum absolute atomic E-state index is 0.0794. The van der Waals surface area contributed by atoms with Crippen LogP contribution in [0.1, 0.15) is 18.4 Å². The first-order valence-electron chi connectivity index (χ1n) is 8.42. The van der Waals surface area contributed by atoms with Crippen molar-refractivity contribution in [2.24, 2.45) is 0 Å². The number of pyridine rings is 1. The molecule has 5 nitrogen and oxygen atoms in total. The summed E-state index contributed by atoms with van der Waals surface area (Å²) in [5, 5.41) is 5.39. The number of amides is 2. The summed E-state index contributed by atoms with van der Waals surface area (Å²) in [6.45, 7) is 1.12. The van der Waals surface area contributed by atoms with Crippen LogP contribution in [0.25, 0.3) is 0 Å². The van der Waals surface area contributed by atoms with Crippen LogP contribution >= 0.6 is 0 Å². The van der Waals surface area contributed by atoms with Gasteiger partial charge in [-0.3, -0.25) is 0 Å². The number of aromatic nitrogens is 1. The number of rotatable bonds is 3. The summed E-state index contributed by atoms with van der Waals surface area (Å²) in [6, 6.07) is 7.46. The van der Waals surface area contributed by atoms with Gasteiger partial charge in [0.15, 0.2) is 0 Å². The minimum atomic E-state index is -4.41. The molecule has 1 saturated heterocycles. The first-order chi connectivity index (χ1) is 12.8. The number of carbonyl (C=O) groups excluding carboxylic acids is 1. The zero-order valence-corrected chi connectivity index (χ0v) is 14.3. The van der Waals surface area contributed by atoms with Crippen molar-refractivity contribution in [3.05, 3.63) is 54.0 Å². The van der Waals surface area contributed by atoms with E-state index in [9.17, 15) is 22.4 Å². The number of hydrogen-bond donors (Lipinski definition) is 2. The van der Waals surface area contributed by atoms with Crippen LogP contribution in [0, 0.1) is 5.82 Å². The van der Waals surface area contributed by atoms with Gasteiger partial charge in [0.1, 0.15) is 11.6 Å². The average molecular weight is 382 g/mol. The Bertz CT molecular complexity index is 787. The van der Waals surface area contributed by atoms with Crippen molar-refractivity contribution < 1.29 is 22.4 Å². The van der Waals surface area contributed by atoms with Crippen LogP contribution in [0.15, 0.2) is 42.6 Å². The van der Waals surface area contributed by atoms with E-state index in [0.717, 1.165) is 12.3 Å². The average Bonchev–Trinajstić information content (AvgIpc) is 2.62. The van der Waals surface area contributed by atoms with Gasteiger partial charge in [-0.25, -0.2) is 14.2 Å².